The van der Waals surface area contributed by atoms with E-state index in [-0.39, 0.29) is 36.7 Å². The molecule has 0 saturated carbocycles. The van der Waals surface area contributed by atoms with Gasteiger partial charge in [-0.3, -0.25) is 9.59 Å². The van der Waals surface area contributed by atoms with Gasteiger partial charge in [0.15, 0.2) is 0 Å². The summed E-state index contributed by atoms with van der Waals surface area (Å²) < 4.78 is 0. The third-order valence-corrected chi connectivity index (χ3v) is 2.92. The lowest BCUT2D eigenvalue weighted by molar-refractivity contribution is -0.125. The van der Waals surface area contributed by atoms with Crippen LogP contribution in [0.15, 0.2) is 24.3 Å². The highest BCUT2D eigenvalue weighted by Crippen LogP contribution is 2.19. The summed E-state index contributed by atoms with van der Waals surface area (Å²) in [5, 5.41) is 5.54. The molecule has 7 heteroatoms. The molecule has 0 bridgehead atoms. The van der Waals surface area contributed by atoms with Crippen LogP contribution in [0.4, 0.5) is 5.69 Å². The first kappa shape index (κ1) is 18.7. The summed E-state index contributed by atoms with van der Waals surface area (Å²) in [7, 11) is 0. The van der Waals surface area contributed by atoms with Gasteiger partial charge in [0.1, 0.15) is 0 Å². The van der Waals surface area contributed by atoms with Crippen LogP contribution in [0.25, 0.3) is 0 Å². The molecule has 2 amide bonds. The van der Waals surface area contributed by atoms with E-state index in [0.29, 0.717) is 10.7 Å². The van der Waals surface area contributed by atoms with Gasteiger partial charge in [-0.1, -0.05) is 37.6 Å². The summed E-state index contributed by atoms with van der Waals surface area (Å²) in [5.74, 6) is -0.673. The zero-order chi connectivity index (χ0) is 14.4. The number of carbonyl (C=O) groups is 2. The van der Waals surface area contributed by atoms with E-state index in [1.165, 1.54) is 0 Å². The maximum absolute atomic E-state index is 11.6. The molecule has 1 aromatic carbocycles. The van der Waals surface area contributed by atoms with Crippen molar-refractivity contribution in [2.75, 3.05) is 11.9 Å². The first-order valence-electron chi connectivity index (χ1n) is 5.99. The Balaban J connectivity index is 0.00000361. The highest BCUT2D eigenvalue weighted by molar-refractivity contribution is 6.33. The molecule has 0 saturated heterocycles. The molecule has 0 heterocycles. The highest BCUT2D eigenvalue weighted by atomic mass is 35.5. The summed E-state index contributed by atoms with van der Waals surface area (Å²) in [4.78, 5) is 23.2. The average molecular weight is 320 g/mol. The molecule has 112 valence electrons. The van der Waals surface area contributed by atoms with Crippen molar-refractivity contribution in [3.8, 4) is 0 Å². The van der Waals surface area contributed by atoms with Gasteiger partial charge >= 0.3 is 0 Å². The largest absolute Gasteiger partial charge is 0.346 e. The Morgan fingerprint density at radius 2 is 1.90 bits per heavy atom. The number of hydrogen-bond donors (Lipinski definition) is 3. The van der Waals surface area contributed by atoms with Crippen molar-refractivity contribution in [2.24, 2.45) is 11.7 Å². The molecule has 0 aliphatic heterocycles. The van der Waals surface area contributed by atoms with Crippen molar-refractivity contribution in [1.82, 2.24) is 5.32 Å². The molecular weight excluding hydrogens is 301 g/mol. The van der Waals surface area contributed by atoms with Crippen LogP contribution in [0.3, 0.4) is 0 Å². The fourth-order valence-corrected chi connectivity index (χ4v) is 1.53. The van der Waals surface area contributed by atoms with Crippen LogP contribution < -0.4 is 16.4 Å². The van der Waals surface area contributed by atoms with Gasteiger partial charge in [-0.25, -0.2) is 0 Å². The van der Waals surface area contributed by atoms with Crippen LogP contribution in [0, 0.1) is 5.92 Å². The molecule has 1 atom stereocenters. The van der Waals surface area contributed by atoms with E-state index in [2.05, 4.69) is 10.6 Å². The van der Waals surface area contributed by atoms with Crippen LogP contribution in [0.2, 0.25) is 5.02 Å². The van der Waals surface area contributed by atoms with Crippen molar-refractivity contribution in [3.63, 3.8) is 0 Å². The van der Waals surface area contributed by atoms with Crippen molar-refractivity contribution >= 4 is 41.5 Å². The Labute approximate surface area is 129 Å². The molecule has 20 heavy (non-hydrogen) atoms. The Hall–Kier alpha value is -1.30. The molecule has 0 aliphatic carbocycles. The lowest BCUT2D eigenvalue weighted by atomic mass is 10.1. The van der Waals surface area contributed by atoms with Crippen LogP contribution in [-0.2, 0) is 9.59 Å². The van der Waals surface area contributed by atoms with E-state index in [9.17, 15) is 9.59 Å². The Kier molecular flexibility index (Phi) is 8.22. The second-order valence-corrected chi connectivity index (χ2v) is 4.92. The number of nitrogens with two attached hydrogens (primary N) is 1. The summed E-state index contributed by atoms with van der Waals surface area (Å²) in [6.07, 6.45) is 0. The summed E-state index contributed by atoms with van der Waals surface area (Å²) in [6, 6.07) is 6.26. The number of amides is 2. The third-order valence-electron chi connectivity index (χ3n) is 2.59. The first-order chi connectivity index (χ1) is 8.91. The second-order valence-electron chi connectivity index (χ2n) is 4.52. The van der Waals surface area contributed by atoms with Gasteiger partial charge in [-0.2, -0.15) is 0 Å². The topological polar surface area (TPSA) is 84.2 Å². The Bertz CT molecular complexity index is 467. The van der Waals surface area contributed by atoms with E-state index in [1.54, 1.807) is 24.3 Å². The number of para-hydroxylation sites is 1. The van der Waals surface area contributed by atoms with Gasteiger partial charge in [0, 0.05) is 0 Å². The zero-order valence-corrected chi connectivity index (χ0v) is 12.9. The molecule has 0 unspecified atom stereocenters. The van der Waals surface area contributed by atoms with Crippen molar-refractivity contribution in [3.05, 3.63) is 29.3 Å². The van der Waals surface area contributed by atoms with Crippen LogP contribution in [0.1, 0.15) is 13.8 Å². The summed E-state index contributed by atoms with van der Waals surface area (Å²) in [5.41, 5.74) is 6.17. The summed E-state index contributed by atoms with van der Waals surface area (Å²) in [6.45, 7) is 3.55. The molecule has 5 nitrogen and oxygen atoms in total. The van der Waals surface area contributed by atoms with E-state index in [4.69, 9.17) is 17.3 Å². The molecule has 4 N–H and O–H groups in total. The quantitative estimate of drug-likeness (QED) is 0.773. The lowest BCUT2D eigenvalue weighted by Gasteiger charge is -2.15. The van der Waals surface area contributed by atoms with Gasteiger partial charge < -0.3 is 16.4 Å². The number of nitrogens with one attached hydrogen (secondary N) is 2. The Morgan fingerprint density at radius 3 is 2.45 bits per heavy atom. The van der Waals surface area contributed by atoms with Gasteiger partial charge in [0.05, 0.1) is 23.3 Å². The molecule has 0 aromatic heterocycles. The van der Waals surface area contributed by atoms with Crippen molar-refractivity contribution in [1.29, 1.82) is 0 Å². The van der Waals surface area contributed by atoms with Crippen molar-refractivity contribution in [2.45, 2.75) is 19.9 Å². The second kappa shape index (κ2) is 8.79. The molecule has 0 fully saturated rings. The normalized spacial score (nSPS) is 11.4. The van der Waals surface area contributed by atoms with E-state index in [1.807, 2.05) is 13.8 Å². The van der Waals surface area contributed by atoms with E-state index >= 15 is 0 Å². The average Bonchev–Trinajstić information content (AvgIpc) is 2.37. The number of benzene rings is 1. The molecule has 0 aliphatic rings. The SMILES string of the molecule is CC(C)[C@H](N)C(=O)NCC(=O)Nc1ccccc1Cl.Cl. The lowest BCUT2D eigenvalue weighted by Crippen LogP contribution is -2.46. The maximum Gasteiger partial charge on any atom is 0.243 e. The molecule has 1 aromatic rings. The van der Waals surface area contributed by atoms with E-state index in [0.717, 1.165) is 0 Å². The standard InChI is InChI=1S/C13H18ClN3O2.ClH/c1-8(2)12(15)13(19)16-7-11(18)17-10-6-4-3-5-9(10)14;/h3-6,8,12H,7,15H2,1-2H3,(H,16,19)(H,17,18);1H/t12-;/m0./s1. The smallest absolute Gasteiger partial charge is 0.243 e. The minimum atomic E-state index is -0.617. The zero-order valence-electron chi connectivity index (χ0n) is 11.4. The monoisotopic (exact) mass is 319 g/mol. The predicted molar refractivity (Wildman–Crippen MR) is 83.2 cm³/mol. The van der Waals surface area contributed by atoms with Gasteiger partial charge in [0.2, 0.25) is 11.8 Å². The highest BCUT2D eigenvalue weighted by Gasteiger charge is 2.17. The number of carbonyl (C=O) groups excluding carboxylic acids is 2. The molecule has 0 radical (unpaired) electrons. The fraction of sp³-hybridized carbons (Fsp3) is 0.385. The predicted octanol–water partition coefficient (Wildman–Crippen LogP) is 1.80. The summed E-state index contributed by atoms with van der Waals surface area (Å²) >= 11 is 5.90. The minimum Gasteiger partial charge on any atom is -0.346 e. The number of anilines is 1. The number of hydrogen-bond acceptors (Lipinski definition) is 3. The van der Waals surface area contributed by atoms with E-state index < -0.39 is 6.04 Å². The molecule has 0 spiro atoms. The van der Waals surface area contributed by atoms with Crippen LogP contribution >= 0.6 is 24.0 Å². The van der Waals surface area contributed by atoms with Gasteiger partial charge in [-0.05, 0) is 18.1 Å². The van der Waals surface area contributed by atoms with Crippen LogP contribution in [0.5, 0.6) is 0 Å². The molecular formula is C13H19Cl2N3O2. The maximum atomic E-state index is 11.6. The molecule has 1 rings (SSSR count). The Morgan fingerprint density at radius 1 is 1.30 bits per heavy atom. The number of halogens is 2. The van der Waals surface area contributed by atoms with Crippen LogP contribution in [-0.4, -0.2) is 24.4 Å². The van der Waals surface area contributed by atoms with Gasteiger partial charge in [0.25, 0.3) is 0 Å². The fourth-order valence-electron chi connectivity index (χ4n) is 1.34. The minimum absolute atomic E-state index is 0. The first-order valence-corrected chi connectivity index (χ1v) is 6.37. The number of rotatable bonds is 5. The van der Waals surface area contributed by atoms with Crippen molar-refractivity contribution < 1.29 is 9.59 Å². The third kappa shape index (κ3) is 5.77. The van der Waals surface area contributed by atoms with Gasteiger partial charge in [-0.15, -0.1) is 12.4 Å².